The predicted octanol–water partition coefficient (Wildman–Crippen LogP) is 2.01. The van der Waals surface area contributed by atoms with Crippen molar-refractivity contribution in [2.45, 2.75) is 31.7 Å². The first-order valence-electron chi connectivity index (χ1n) is 8.16. The third-order valence-corrected chi connectivity index (χ3v) is 5.50. The van der Waals surface area contributed by atoms with Gasteiger partial charge in [-0.25, -0.2) is 0 Å². The van der Waals surface area contributed by atoms with Crippen LogP contribution < -0.4 is 5.32 Å². The third-order valence-electron chi connectivity index (χ3n) is 4.45. The normalized spacial score (nSPS) is 16.8. The van der Waals surface area contributed by atoms with Gasteiger partial charge in [-0.05, 0) is 31.2 Å². The number of piperidine rings is 1. The highest BCUT2D eigenvalue weighted by Crippen LogP contribution is 2.24. The Morgan fingerprint density at radius 2 is 2.12 bits per heavy atom. The van der Waals surface area contributed by atoms with E-state index >= 15 is 0 Å². The maximum Gasteiger partial charge on any atom is 0.254 e. The lowest BCUT2D eigenvalue weighted by Gasteiger charge is -2.33. The average molecular weight is 346 g/mol. The van der Waals surface area contributed by atoms with Crippen molar-refractivity contribution >= 4 is 23.2 Å². The summed E-state index contributed by atoms with van der Waals surface area (Å²) in [5.41, 5.74) is 0.572. The van der Waals surface area contributed by atoms with Crippen LogP contribution in [0.2, 0.25) is 0 Å². The first-order chi connectivity index (χ1) is 11.5. The summed E-state index contributed by atoms with van der Waals surface area (Å²) in [7, 11) is 1.79. The lowest BCUT2D eigenvalue weighted by atomic mass is 10.0. The number of nitrogens with zero attached hydrogens (tertiary/aromatic N) is 3. The maximum absolute atomic E-state index is 12.6. The molecule has 3 heterocycles. The Labute approximate surface area is 145 Å². The molecule has 1 fully saturated rings. The highest BCUT2D eigenvalue weighted by Gasteiger charge is 2.28. The number of hydrogen-bond donors (Lipinski definition) is 1. The molecule has 0 saturated carbocycles. The second-order valence-electron chi connectivity index (χ2n) is 6.21. The number of hydrogen-bond acceptors (Lipinski definition) is 4. The quantitative estimate of drug-likeness (QED) is 0.921. The largest absolute Gasteiger partial charge is 0.349 e. The first-order valence-corrected chi connectivity index (χ1v) is 9.04. The highest BCUT2D eigenvalue weighted by molar-refractivity contribution is 7.10. The number of carbonyl (C=O) groups is 2. The van der Waals surface area contributed by atoms with Gasteiger partial charge >= 0.3 is 0 Å². The van der Waals surface area contributed by atoms with E-state index in [-0.39, 0.29) is 23.8 Å². The van der Waals surface area contributed by atoms with Crippen LogP contribution in [0.5, 0.6) is 0 Å². The summed E-state index contributed by atoms with van der Waals surface area (Å²) < 4.78 is 1.61. The lowest BCUT2D eigenvalue weighted by molar-refractivity contribution is -0.133. The molecule has 2 aromatic heterocycles. The summed E-state index contributed by atoms with van der Waals surface area (Å²) in [6.45, 7) is 3.34. The van der Waals surface area contributed by atoms with E-state index in [0.717, 1.165) is 17.7 Å². The van der Waals surface area contributed by atoms with E-state index in [9.17, 15) is 9.59 Å². The van der Waals surface area contributed by atoms with Crippen LogP contribution >= 0.6 is 11.3 Å². The summed E-state index contributed by atoms with van der Waals surface area (Å²) in [5.74, 6) is -0.0131. The van der Waals surface area contributed by atoms with Crippen molar-refractivity contribution < 1.29 is 9.59 Å². The number of amides is 2. The van der Waals surface area contributed by atoms with Gasteiger partial charge in [0.15, 0.2) is 0 Å². The predicted molar refractivity (Wildman–Crippen MR) is 93.0 cm³/mol. The summed E-state index contributed by atoms with van der Waals surface area (Å²) in [5, 5.41) is 9.05. The van der Waals surface area contributed by atoms with E-state index < -0.39 is 0 Å². The van der Waals surface area contributed by atoms with Gasteiger partial charge in [-0.1, -0.05) is 6.07 Å². The van der Waals surface area contributed by atoms with Crippen LogP contribution in [0.4, 0.5) is 0 Å². The highest BCUT2D eigenvalue weighted by atomic mass is 32.1. The SMILES string of the molecule is CC(C(=O)N1CCC(NC(=O)c2cnn(C)c2)CC1)c1cccs1. The number of thiophene rings is 1. The van der Waals surface area contributed by atoms with E-state index in [1.165, 1.54) is 0 Å². The molecule has 1 aliphatic heterocycles. The molecule has 2 amide bonds. The molecule has 1 unspecified atom stereocenters. The van der Waals surface area contributed by atoms with Crippen molar-refractivity contribution in [3.05, 3.63) is 40.3 Å². The molecule has 1 saturated heterocycles. The molecule has 2 aromatic rings. The Morgan fingerprint density at radius 1 is 1.38 bits per heavy atom. The molecule has 6 nitrogen and oxygen atoms in total. The maximum atomic E-state index is 12.6. The molecule has 0 spiro atoms. The van der Waals surface area contributed by atoms with Crippen molar-refractivity contribution in [3.8, 4) is 0 Å². The standard InChI is InChI=1S/C17H22N4O2S/c1-12(15-4-3-9-24-15)17(23)21-7-5-14(6-8-21)19-16(22)13-10-18-20(2)11-13/h3-4,9-12,14H,5-8H2,1-2H3,(H,19,22). The van der Waals surface area contributed by atoms with Crippen LogP contribution in [-0.2, 0) is 11.8 Å². The van der Waals surface area contributed by atoms with Gasteiger partial charge in [0.1, 0.15) is 0 Å². The Kier molecular flexibility index (Phi) is 4.99. The number of carbonyl (C=O) groups excluding carboxylic acids is 2. The molecule has 0 radical (unpaired) electrons. The van der Waals surface area contributed by atoms with Gasteiger partial charge in [0.2, 0.25) is 5.91 Å². The smallest absolute Gasteiger partial charge is 0.254 e. The zero-order valence-electron chi connectivity index (χ0n) is 13.9. The van der Waals surface area contributed by atoms with Crippen molar-refractivity contribution in [3.63, 3.8) is 0 Å². The van der Waals surface area contributed by atoms with Crippen molar-refractivity contribution in [2.24, 2.45) is 7.05 Å². The molecule has 0 aliphatic carbocycles. The van der Waals surface area contributed by atoms with Crippen LogP contribution in [0.15, 0.2) is 29.9 Å². The number of rotatable bonds is 4. The second kappa shape index (κ2) is 7.17. The Balaban J connectivity index is 1.50. The minimum absolute atomic E-state index is 0.0912. The molecule has 128 valence electrons. The zero-order chi connectivity index (χ0) is 17.1. The van der Waals surface area contributed by atoms with Crippen molar-refractivity contribution in [2.75, 3.05) is 13.1 Å². The molecular weight excluding hydrogens is 324 g/mol. The molecule has 1 atom stereocenters. The van der Waals surface area contributed by atoms with Crippen LogP contribution in [0, 0.1) is 0 Å². The number of likely N-dealkylation sites (tertiary alicyclic amines) is 1. The van der Waals surface area contributed by atoms with Gasteiger partial charge in [0.25, 0.3) is 5.91 Å². The van der Waals surface area contributed by atoms with E-state index in [1.54, 1.807) is 35.5 Å². The van der Waals surface area contributed by atoms with E-state index in [0.29, 0.717) is 18.7 Å². The monoisotopic (exact) mass is 346 g/mol. The lowest BCUT2D eigenvalue weighted by Crippen LogP contribution is -2.47. The van der Waals surface area contributed by atoms with E-state index in [1.807, 2.05) is 29.3 Å². The van der Waals surface area contributed by atoms with Gasteiger partial charge in [0, 0.05) is 37.3 Å². The van der Waals surface area contributed by atoms with Crippen molar-refractivity contribution in [1.82, 2.24) is 20.0 Å². The number of aryl methyl sites for hydroxylation is 1. The van der Waals surface area contributed by atoms with E-state index in [4.69, 9.17) is 0 Å². The summed E-state index contributed by atoms with van der Waals surface area (Å²) >= 11 is 1.62. The first kappa shape index (κ1) is 16.7. The van der Waals surface area contributed by atoms with Gasteiger partial charge in [-0.2, -0.15) is 5.10 Å². The summed E-state index contributed by atoms with van der Waals surface area (Å²) in [6.07, 6.45) is 4.84. The van der Waals surface area contributed by atoms with Crippen molar-refractivity contribution in [1.29, 1.82) is 0 Å². The molecule has 3 rings (SSSR count). The van der Waals surface area contributed by atoms with E-state index in [2.05, 4.69) is 10.4 Å². The Hall–Kier alpha value is -2.15. The van der Waals surface area contributed by atoms with Crippen LogP contribution in [0.3, 0.4) is 0 Å². The fourth-order valence-electron chi connectivity index (χ4n) is 2.98. The van der Waals surface area contributed by atoms with Crippen LogP contribution in [0.25, 0.3) is 0 Å². The van der Waals surface area contributed by atoms with Crippen LogP contribution in [-0.4, -0.2) is 45.6 Å². The summed E-state index contributed by atoms with van der Waals surface area (Å²) in [4.78, 5) is 27.8. The van der Waals surface area contributed by atoms with Gasteiger partial charge in [-0.3, -0.25) is 14.3 Å². The Bertz CT molecular complexity index is 702. The van der Waals surface area contributed by atoms with Crippen LogP contribution in [0.1, 0.15) is 40.9 Å². The molecule has 0 bridgehead atoms. The average Bonchev–Trinajstić information content (AvgIpc) is 3.26. The molecule has 0 aromatic carbocycles. The van der Waals surface area contributed by atoms with Gasteiger partial charge < -0.3 is 10.2 Å². The fourth-order valence-corrected chi connectivity index (χ4v) is 3.76. The minimum Gasteiger partial charge on any atom is -0.349 e. The Morgan fingerprint density at radius 3 is 2.71 bits per heavy atom. The van der Waals surface area contributed by atoms with Gasteiger partial charge in [0.05, 0.1) is 17.7 Å². The molecule has 1 N–H and O–H groups in total. The number of aromatic nitrogens is 2. The molecule has 24 heavy (non-hydrogen) atoms. The molecule has 7 heteroatoms. The minimum atomic E-state index is -0.0974. The second-order valence-corrected chi connectivity index (χ2v) is 7.19. The number of nitrogens with one attached hydrogen (secondary N) is 1. The third kappa shape index (κ3) is 3.67. The molecule has 1 aliphatic rings. The topological polar surface area (TPSA) is 67.2 Å². The molecular formula is C17H22N4O2S. The fraction of sp³-hybridized carbons (Fsp3) is 0.471. The van der Waals surface area contributed by atoms with Gasteiger partial charge in [-0.15, -0.1) is 11.3 Å². The summed E-state index contributed by atoms with van der Waals surface area (Å²) in [6, 6.07) is 4.09. The zero-order valence-corrected chi connectivity index (χ0v) is 14.8.